The molecule has 2 aromatic carbocycles. The SMILES string of the molecule is Cc1[nH]nc(Nc2ncnc3cc(OCC4CCN(CCCCCCCCCCc5cccc6c5CN(C5CCC(=O)NC5=O)C6=O)CC4)c(S(=O)(=O)C(C)(C)C)cc23)c1C. The van der Waals surface area contributed by atoms with E-state index in [9.17, 15) is 22.8 Å². The molecule has 4 aromatic rings. The molecule has 1 unspecified atom stereocenters. The number of ether oxygens (including phenoxy) is 1. The zero-order chi connectivity index (χ0) is 43.3. The van der Waals surface area contributed by atoms with Gasteiger partial charge in [0.2, 0.25) is 11.8 Å². The Kier molecular flexibility index (Phi) is 13.8. The van der Waals surface area contributed by atoms with Crippen molar-refractivity contribution in [2.45, 2.75) is 140 Å². The smallest absolute Gasteiger partial charge is 0.255 e. The van der Waals surface area contributed by atoms with Gasteiger partial charge in [0, 0.05) is 41.2 Å². The molecule has 61 heavy (non-hydrogen) atoms. The summed E-state index contributed by atoms with van der Waals surface area (Å²) in [7, 11) is -3.76. The van der Waals surface area contributed by atoms with Crippen molar-refractivity contribution in [3.63, 3.8) is 0 Å². The van der Waals surface area contributed by atoms with Crippen molar-refractivity contribution in [2.75, 3.05) is 31.6 Å². The van der Waals surface area contributed by atoms with Gasteiger partial charge in [-0.3, -0.25) is 24.8 Å². The minimum absolute atomic E-state index is 0.110. The number of likely N-dealkylation sites (tertiary alicyclic amines) is 1. The lowest BCUT2D eigenvalue weighted by Gasteiger charge is -2.32. The topological polar surface area (TPSA) is 180 Å². The molecule has 0 aliphatic carbocycles. The number of hydrogen-bond acceptors (Lipinski definition) is 11. The molecule has 2 aromatic heterocycles. The number of rotatable bonds is 18. The first-order valence-corrected chi connectivity index (χ1v) is 23.6. The minimum atomic E-state index is -3.76. The first-order chi connectivity index (χ1) is 29.2. The monoisotopic (exact) mass is 854 g/mol. The highest BCUT2D eigenvalue weighted by atomic mass is 32.2. The third-order valence-corrected chi connectivity index (χ3v) is 15.3. The number of aromatic nitrogens is 4. The van der Waals surface area contributed by atoms with E-state index in [0.717, 1.165) is 68.6 Å². The summed E-state index contributed by atoms with van der Waals surface area (Å²) < 4.78 is 33.2. The van der Waals surface area contributed by atoms with Crippen molar-refractivity contribution in [2.24, 2.45) is 5.92 Å². The highest BCUT2D eigenvalue weighted by molar-refractivity contribution is 7.92. The number of imide groups is 1. The minimum Gasteiger partial charge on any atom is -0.492 e. The van der Waals surface area contributed by atoms with Gasteiger partial charge in [-0.25, -0.2) is 18.4 Å². The van der Waals surface area contributed by atoms with Gasteiger partial charge in [-0.2, -0.15) is 5.10 Å². The van der Waals surface area contributed by atoms with Crippen molar-refractivity contribution in [3.8, 4) is 5.75 Å². The molecular weight excluding hydrogens is 793 g/mol. The van der Waals surface area contributed by atoms with Crippen LogP contribution in [-0.2, 0) is 32.4 Å². The van der Waals surface area contributed by atoms with Gasteiger partial charge in [-0.05, 0) is 122 Å². The molecule has 15 heteroatoms. The number of carbonyl (C=O) groups excluding carboxylic acids is 3. The van der Waals surface area contributed by atoms with Crippen molar-refractivity contribution in [3.05, 3.63) is 64.6 Å². The lowest BCUT2D eigenvalue weighted by Crippen LogP contribution is -2.52. The van der Waals surface area contributed by atoms with Crippen molar-refractivity contribution in [1.82, 2.24) is 35.3 Å². The van der Waals surface area contributed by atoms with Crippen LogP contribution < -0.4 is 15.4 Å². The maximum Gasteiger partial charge on any atom is 0.255 e. The Morgan fingerprint density at radius 2 is 1.62 bits per heavy atom. The molecule has 0 radical (unpaired) electrons. The third kappa shape index (κ3) is 10.1. The molecule has 3 amide bonds. The number of H-pyrrole nitrogens is 1. The standard InChI is InChI=1S/C46H62N8O6S/c1-30-31(2)51-52-42(30)50-43-35-25-40(61(58,59)46(3,4)5)39(26-37(35)47-29-48-43)60-28-32-20-23-53(24-21-32)22-13-11-9-7-6-8-10-12-15-33-16-14-17-34-36(33)27-54(45(34)57)38-18-19-41(55)49-44(38)56/h14,16-17,25-26,29,32,38H,6-13,15,18-24,27-28H2,1-5H3,(H,49,55,56)(H2,47,48,50,51,52). The number of carbonyl (C=O) groups is 3. The number of sulfone groups is 1. The molecule has 3 aliphatic rings. The average Bonchev–Trinajstić information content (AvgIpc) is 3.74. The van der Waals surface area contributed by atoms with Gasteiger partial charge < -0.3 is 19.9 Å². The lowest BCUT2D eigenvalue weighted by molar-refractivity contribution is -0.136. The fraction of sp³-hybridized carbons (Fsp3) is 0.565. The summed E-state index contributed by atoms with van der Waals surface area (Å²) in [5.41, 5.74) is 5.40. The summed E-state index contributed by atoms with van der Waals surface area (Å²) in [5, 5.41) is 13.5. The molecule has 0 bridgehead atoms. The Bertz CT molecular complexity index is 2350. The van der Waals surface area contributed by atoms with E-state index in [-0.39, 0.29) is 29.0 Å². The summed E-state index contributed by atoms with van der Waals surface area (Å²) in [4.78, 5) is 50.4. The second kappa shape index (κ2) is 19.0. The maximum absolute atomic E-state index is 13.9. The van der Waals surface area contributed by atoms with Crippen LogP contribution in [0.1, 0.15) is 131 Å². The number of anilines is 2. The van der Waals surface area contributed by atoms with Crippen LogP contribution in [0.5, 0.6) is 5.75 Å². The summed E-state index contributed by atoms with van der Waals surface area (Å²) in [6.45, 7) is 13.0. The Hall–Kier alpha value is -4.89. The van der Waals surface area contributed by atoms with Crippen LogP contribution in [0.3, 0.4) is 0 Å². The van der Waals surface area contributed by atoms with Crippen molar-refractivity contribution in [1.29, 1.82) is 0 Å². The molecule has 7 rings (SSSR count). The largest absolute Gasteiger partial charge is 0.492 e. The maximum atomic E-state index is 13.9. The van der Waals surface area contributed by atoms with E-state index in [1.54, 1.807) is 37.8 Å². The van der Waals surface area contributed by atoms with E-state index in [0.29, 0.717) is 59.3 Å². The van der Waals surface area contributed by atoms with Crippen LogP contribution in [0.25, 0.3) is 10.9 Å². The van der Waals surface area contributed by atoms with Crippen LogP contribution in [0.2, 0.25) is 0 Å². The van der Waals surface area contributed by atoms with Gasteiger partial charge in [-0.1, -0.05) is 50.7 Å². The van der Waals surface area contributed by atoms with E-state index < -0.39 is 20.6 Å². The number of nitrogens with zero attached hydrogens (tertiary/aromatic N) is 5. The van der Waals surface area contributed by atoms with Gasteiger partial charge >= 0.3 is 0 Å². The van der Waals surface area contributed by atoms with Crippen LogP contribution in [0.15, 0.2) is 41.6 Å². The molecule has 1 atom stereocenters. The fourth-order valence-corrected chi connectivity index (χ4v) is 10.0. The molecule has 3 aliphatic heterocycles. The first-order valence-electron chi connectivity index (χ1n) is 22.1. The molecule has 3 N–H and O–H groups in total. The van der Waals surface area contributed by atoms with Gasteiger partial charge in [0.05, 0.1) is 16.9 Å². The number of hydrogen-bond donors (Lipinski definition) is 3. The quantitative estimate of drug-likeness (QED) is 0.0667. The first kappa shape index (κ1) is 44.2. The average molecular weight is 855 g/mol. The number of benzene rings is 2. The Balaban J connectivity index is 0.803. The number of amides is 3. The molecular formula is C46H62N8O6S. The Morgan fingerprint density at radius 3 is 2.31 bits per heavy atom. The van der Waals surface area contributed by atoms with E-state index in [4.69, 9.17) is 4.74 Å². The molecule has 5 heterocycles. The summed E-state index contributed by atoms with van der Waals surface area (Å²) in [5.74, 6) is 1.02. The molecule has 2 saturated heterocycles. The van der Waals surface area contributed by atoms with E-state index in [2.05, 4.69) is 41.8 Å². The third-order valence-electron chi connectivity index (χ3n) is 12.8. The predicted molar refractivity (Wildman–Crippen MR) is 236 cm³/mol. The van der Waals surface area contributed by atoms with Crippen LogP contribution in [-0.4, -0.2) is 93.1 Å². The highest BCUT2D eigenvalue weighted by Gasteiger charge is 2.40. The number of nitrogens with one attached hydrogen (secondary N) is 3. The zero-order valence-corrected chi connectivity index (χ0v) is 37.3. The second-order valence-electron chi connectivity index (χ2n) is 18.1. The summed E-state index contributed by atoms with van der Waals surface area (Å²) >= 11 is 0. The highest BCUT2D eigenvalue weighted by Crippen LogP contribution is 2.38. The fourth-order valence-electron chi connectivity index (χ4n) is 8.72. The lowest BCUT2D eigenvalue weighted by atomic mass is 9.97. The van der Waals surface area contributed by atoms with Gasteiger partial charge in [0.15, 0.2) is 15.7 Å². The van der Waals surface area contributed by atoms with Crippen molar-refractivity contribution >= 4 is 50.1 Å². The molecule has 328 valence electrons. The molecule has 2 fully saturated rings. The van der Waals surface area contributed by atoms with Gasteiger partial charge in [0.25, 0.3) is 5.91 Å². The van der Waals surface area contributed by atoms with E-state index in [1.165, 1.54) is 50.4 Å². The number of aryl methyl sites for hydroxylation is 2. The number of aromatic amines is 1. The second-order valence-corrected chi connectivity index (χ2v) is 20.8. The number of fused-ring (bicyclic) bond motifs is 2. The van der Waals surface area contributed by atoms with Crippen LogP contribution in [0, 0.1) is 19.8 Å². The van der Waals surface area contributed by atoms with E-state index in [1.807, 2.05) is 26.0 Å². The van der Waals surface area contributed by atoms with Crippen LogP contribution in [0.4, 0.5) is 11.6 Å². The normalized spacial score (nSPS) is 17.9. The van der Waals surface area contributed by atoms with Gasteiger partial charge in [-0.15, -0.1) is 0 Å². The predicted octanol–water partition coefficient (Wildman–Crippen LogP) is 7.50. The van der Waals surface area contributed by atoms with Crippen molar-refractivity contribution < 1.29 is 27.5 Å². The van der Waals surface area contributed by atoms with Gasteiger partial charge in [0.1, 0.15) is 28.8 Å². The molecule has 0 saturated carbocycles. The number of piperidine rings is 2. The number of unbranched alkanes of at least 4 members (excludes halogenated alkanes) is 7. The Morgan fingerprint density at radius 1 is 0.902 bits per heavy atom. The molecule has 14 nitrogen and oxygen atoms in total. The summed E-state index contributed by atoms with van der Waals surface area (Å²) in [6, 6.07) is 8.71. The van der Waals surface area contributed by atoms with Crippen LogP contribution >= 0.6 is 0 Å². The molecule has 0 spiro atoms. The Labute approximate surface area is 359 Å². The summed E-state index contributed by atoms with van der Waals surface area (Å²) in [6.07, 6.45) is 14.6. The van der Waals surface area contributed by atoms with E-state index >= 15 is 0 Å². The zero-order valence-electron chi connectivity index (χ0n) is 36.4.